The Morgan fingerprint density at radius 2 is 1.84 bits per heavy atom. The van der Waals surface area contributed by atoms with Crippen LogP contribution >= 0.6 is 0 Å². The first kappa shape index (κ1) is 23.1. The molecular formula is C25H29N3O4. The van der Waals surface area contributed by atoms with Crippen LogP contribution in [0.1, 0.15) is 50.3 Å². The van der Waals surface area contributed by atoms with Gasteiger partial charge in [0.25, 0.3) is 0 Å². The lowest BCUT2D eigenvalue weighted by Gasteiger charge is -2.34. The summed E-state index contributed by atoms with van der Waals surface area (Å²) in [4.78, 5) is 39.6. The number of anilines is 1. The predicted molar refractivity (Wildman–Crippen MR) is 123 cm³/mol. The van der Waals surface area contributed by atoms with E-state index in [1.165, 1.54) is 12.0 Å². The normalized spacial score (nSPS) is 16.9. The van der Waals surface area contributed by atoms with Gasteiger partial charge in [-0.3, -0.25) is 9.69 Å². The van der Waals surface area contributed by atoms with E-state index in [1.807, 2.05) is 50.2 Å². The number of allylic oxidation sites excluding steroid dienone is 1. The SMILES string of the molecule is CCC(C(=O)Nc1cccc(C2NC(=O)N(CC)C(C)=C2C(=O)OC)c1)c1ccccc1. The van der Waals surface area contributed by atoms with Crippen molar-refractivity contribution in [2.75, 3.05) is 19.0 Å². The Balaban J connectivity index is 1.91. The molecule has 0 saturated heterocycles. The minimum atomic E-state index is -0.675. The summed E-state index contributed by atoms with van der Waals surface area (Å²) in [6.45, 7) is 5.98. The highest BCUT2D eigenvalue weighted by Gasteiger charge is 2.35. The van der Waals surface area contributed by atoms with Gasteiger partial charge in [0.2, 0.25) is 5.91 Å². The van der Waals surface area contributed by atoms with Crippen molar-refractivity contribution in [3.63, 3.8) is 0 Å². The van der Waals surface area contributed by atoms with Gasteiger partial charge in [0.05, 0.1) is 24.6 Å². The van der Waals surface area contributed by atoms with Crippen molar-refractivity contribution in [1.29, 1.82) is 0 Å². The molecule has 0 saturated carbocycles. The zero-order valence-corrected chi connectivity index (χ0v) is 18.8. The maximum absolute atomic E-state index is 13.0. The smallest absolute Gasteiger partial charge is 0.337 e. The number of benzene rings is 2. The number of ether oxygens (including phenoxy) is 1. The molecule has 1 heterocycles. The van der Waals surface area contributed by atoms with Crippen LogP contribution in [0.2, 0.25) is 0 Å². The van der Waals surface area contributed by atoms with Crippen molar-refractivity contribution in [2.45, 2.75) is 39.2 Å². The van der Waals surface area contributed by atoms with Crippen LogP contribution in [0.3, 0.4) is 0 Å². The van der Waals surface area contributed by atoms with Crippen LogP contribution < -0.4 is 10.6 Å². The Morgan fingerprint density at radius 1 is 1.12 bits per heavy atom. The lowest BCUT2D eigenvalue weighted by molar-refractivity contribution is -0.136. The third-order valence-electron chi connectivity index (χ3n) is 5.73. The number of esters is 1. The van der Waals surface area contributed by atoms with E-state index in [4.69, 9.17) is 4.74 Å². The minimum absolute atomic E-state index is 0.111. The first-order chi connectivity index (χ1) is 15.4. The summed E-state index contributed by atoms with van der Waals surface area (Å²) in [5.74, 6) is -0.892. The zero-order valence-electron chi connectivity index (χ0n) is 18.8. The molecule has 2 unspecified atom stereocenters. The van der Waals surface area contributed by atoms with Crippen LogP contribution in [-0.2, 0) is 14.3 Å². The average Bonchev–Trinajstić information content (AvgIpc) is 2.80. The number of urea groups is 1. The number of hydrogen-bond donors (Lipinski definition) is 2. The van der Waals surface area contributed by atoms with Crippen LogP contribution in [0, 0.1) is 0 Å². The monoisotopic (exact) mass is 435 g/mol. The summed E-state index contributed by atoms with van der Waals surface area (Å²) in [6.07, 6.45) is 0.662. The summed E-state index contributed by atoms with van der Waals surface area (Å²) < 4.78 is 4.99. The number of amides is 3. The first-order valence-corrected chi connectivity index (χ1v) is 10.7. The van der Waals surface area contributed by atoms with E-state index >= 15 is 0 Å². The van der Waals surface area contributed by atoms with Crippen molar-refractivity contribution in [1.82, 2.24) is 10.2 Å². The molecule has 7 nitrogen and oxygen atoms in total. The van der Waals surface area contributed by atoms with E-state index in [1.54, 1.807) is 25.1 Å². The predicted octanol–water partition coefficient (Wildman–Crippen LogP) is 4.35. The van der Waals surface area contributed by atoms with Crippen molar-refractivity contribution < 1.29 is 19.1 Å². The third-order valence-corrected chi connectivity index (χ3v) is 5.73. The molecule has 0 fully saturated rings. The Hall–Kier alpha value is -3.61. The number of rotatable bonds is 7. The molecule has 2 aromatic carbocycles. The van der Waals surface area contributed by atoms with Gasteiger partial charge in [0, 0.05) is 17.9 Å². The molecule has 0 radical (unpaired) electrons. The molecule has 7 heteroatoms. The molecule has 168 valence electrons. The van der Waals surface area contributed by atoms with Gasteiger partial charge in [-0.2, -0.15) is 0 Å². The molecule has 0 aliphatic carbocycles. The third kappa shape index (κ3) is 4.66. The fourth-order valence-electron chi connectivity index (χ4n) is 4.07. The Bertz CT molecular complexity index is 1030. The summed E-state index contributed by atoms with van der Waals surface area (Å²) in [7, 11) is 1.32. The number of hydrogen-bond acceptors (Lipinski definition) is 4. The highest BCUT2D eigenvalue weighted by molar-refractivity contribution is 5.97. The molecule has 2 N–H and O–H groups in total. The van der Waals surface area contributed by atoms with E-state index in [-0.39, 0.29) is 17.9 Å². The molecule has 3 amide bonds. The van der Waals surface area contributed by atoms with Gasteiger partial charge in [-0.1, -0.05) is 49.4 Å². The highest BCUT2D eigenvalue weighted by atomic mass is 16.5. The number of nitrogens with zero attached hydrogens (tertiary/aromatic N) is 1. The van der Waals surface area contributed by atoms with E-state index in [0.717, 1.165) is 5.56 Å². The molecule has 2 atom stereocenters. The van der Waals surface area contributed by atoms with Crippen LogP contribution in [0.4, 0.5) is 10.5 Å². The van der Waals surface area contributed by atoms with Gasteiger partial charge in [0.15, 0.2) is 0 Å². The molecule has 0 bridgehead atoms. The van der Waals surface area contributed by atoms with Crippen molar-refractivity contribution in [2.24, 2.45) is 0 Å². The molecule has 0 spiro atoms. The molecule has 1 aliphatic heterocycles. The maximum Gasteiger partial charge on any atom is 0.337 e. The van der Waals surface area contributed by atoms with Crippen LogP contribution in [0.15, 0.2) is 65.9 Å². The van der Waals surface area contributed by atoms with E-state index < -0.39 is 12.0 Å². The Kier molecular flexibility index (Phi) is 7.30. The lowest BCUT2D eigenvalue weighted by Crippen LogP contribution is -2.47. The summed E-state index contributed by atoms with van der Waals surface area (Å²) >= 11 is 0. The van der Waals surface area contributed by atoms with Crippen LogP contribution in [-0.4, -0.2) is 36.5 Å². The molecule has 32 heavy (non-hydrogen) atoms. The van der Waals surface area contributed by atoms with E-state index in [9.17, 15) is 14.4 Å². The van der Waals surface area contributed by atoms with E-state index in [0.29, 0.717) is 35.5 Å². The number of carbonyl (C=O) groups is 3. The second kappa shape index (κ2) is 10.1. The standard InChI is InChI=1S/C25H29N3O4/c1-5-20(17-11-8-7-9-12-17)23(29)26-19-14-10-13-18(15-19)22-21(24(30)32-4)16(3)28(6-2)25(31)27-22/h7-15,20,22H,5-6H2,1-4H3,(H,26,29)(H,27,31). The minimum Gasteiger partial charge on any atom is -0.466 e. The molecular weight excluding hydrogens is 406 g/mol. The van der Waals surface area contributed by atoms with Gasteiger partial charge in [-0.25, -0.2) is 9.59 Å². The largest absolute Gasteiger partial charge is 0.466 e. The van der Waals surface area contributed by atoms with Crippen LogP contribution in [0.5, 0.6) is 0 Å². The highest BCUT2D eigenvalue weighted by Crippen LogP contribution is 2.32. The number of carbonyl (C=O) groups excluding carboxylic acids is 3. The second-order valence-corrected chi connectivity index (χ2v) is 7.60. The van der Waals surface area contributed by atoms with Gasteiger partial charge >= 0.3 is 12.0 Å². The van der Waals surface area contributed by atoms with Gasteiger partial charge in [-0.15, -0.1) is 0 Å². The quantitative estimate of drug-likeness (QED) is 0.633. The summed E-state index contributed by atoms with van der Waals surface area (Å²) in [6, 6.07) is 15.8. The van der Waals surface area contributed by atoms with E-state index in [2.05, 4.69) is 10.6 Å². The summed E-state index contributed by atoms with van der Waals surface area (Å²) in [5, 5.41) is 5.86. The topological polar surface area (TPSA) is 87.7 Å². The molecule has 3 rings (SSSR count). The lowest BCUT2D eigenvalue weighted by atomic mass is 9.94. The number of methoxy groups -OCH3 is 1. The molecule has 1 aliphatic rings. The van der Waals surface area contributed by atoms with Crippen molar-refractivity contribution >= 4 is 23.6 Å². The average molecular weight is 436 g/mol. The summed E-state index contributed by atoms with van der Waals surface area (Å²) in [5.41, 5.74) is 3.15. The molecule has 2 aromatic rings. The fraction of sp³-hybridized carbons (Fsp3) is 0.320. The van der Waals surface area contributed by atoms with Crippen molar-refractivity contribution in [3.8, 4) is 0 Å². The Labute approximate surface area is 188 Å². The van der Waals surface area contributed by atoms with Crippen LogP contribution in [0.25, 0.3) is 0 Å². The maximum atomic E-state index is 13.0. The zero-order chi connectivity index (χ0) is 23.3. The van der Waals surface area contributed by atoms with Gasteiger partial charge < -0.3 is 15.4 Å². The number of nitrogens with one attached hydrogen (secondary N) is 2. The van der Waals surface area contributed by atoms with Crippen molar-refractivity contribution in [3.05, 3.63) is 77.0 Å². The van der Waals surface area contributed by atoms with Gasteiger partial charge in [0.1, 0.15) is 0 Å². The molecule has 0 aromatic heterocycles. The Morgan fingerprint density at radius 3 is 2.47 bits per heavy atom. The first-order valence-electron chi connectivity index (χ1n) is 10.7. The fourth-order valence-corrected chi connectivity index (χ4v) is 4.07. The second-order valence-electron chi connectivity index (χ2n) is 7.60. The van der Waals surface area contributed by atoms with Gasteiger partial charge in [-0.05, 0) is 43.5 Å².